The largest absolute Gasteiger partial charge is 0.396 e. The van der Waals surface area contributed by atoms with Crippen LogP contribution in [-0.2, 0) is 14.3 Å². The summed E-state index contributed by atoms with van der Waals surface area (Å²) in [7, 11) is 0. The van der Waals surface area contributed by atoms with Gasteiger partial charge in [-0.2, -0.15) is 0 Å². The Labute approximate surface area is 214 Å². The van der Waals surface area contributed by atoms with Crippen LogP contribution in [0.25, 0.3) is 22.6 Å². The molecule has 1 aliphatic carbocycles. The van der Waals surface area contributed by atoms with E-state index in [9.17, 15) is 9.18 Å². The first-order valence-electron chi connectivity index (χ1n) is 12.5. The monoisotopic (exact) mass is 510 g/mol. The number of aromatic amines is 1. The second-order valence-corrected chi connectivity index (χ2v) is 9.79. The number of anilines is 1. The Kier molecular flexibility index (Phi) is 7.45. The predicted molar refractivity (Wildman–Crippen MR) is 134 cm³/mol. The van der Waals surface area contributed by atoms with Crippen LogP contribution >= 0.6 is 0 Å². The van der Waals surface area contributed by atoms with Gasteiger partial charge in [-0.1, -0.05) is 0 Å². The molecule has 2 aromatic heterocycles. The zero-order chi connectivity index (χ0) is 25.8. The Hall–Kier alpha value is -3.41. The summed E-state index contributed by atoms with van der Waals surface area (Å²) in [5.41, 5.74) is 1.62. The molecule has 2 fully saturated rings. The average Bonchev–Trinajstić information content (AvgIpc) is 3.64. The third-order valence-corrected chi connectivity index (χ3v) is 6.50. The fourth-order valence-corrected chi connectivity index (χ4v) is 4.04. The van der Waals surface area contributed by atoms with Crippen molar-refractivity contribution in [3.05, 3.63) is 48.2 Å². The molecule has 0 radical (unpaired) electrons. The fourth-order valence-electron chi connectivity index (χ4n) is 4.04. The van der Waals surface area contributed by atoms with Crippen molar-refractivity contribution < 1.29 is 23.8 Å². The van der Waals surface area contributed by atoms with Crippen molar-refractivity contribution in [1.82, 2.24) is 25.3 Å². The van der Waals surface area contributed by atoms with Gasteiger partial charge in [-0.05, 0) is 62.4 Å². The van der Waals surface area contributed by atoms with Gasteiger partial charge in [0, 0.05) is 31.5 Å². The third kappa shape index (κ3) is 5.95. The van der Waals surface area contributed by atoms with Crippen molar-refractivity contribution in [1.29, 1.82) is 0 Å². The van der Waals surface area contributed by atoms with Crippen LogP contribution in [0.4, 0.5) is 10.3 Å². The van der Waals surface area contributed by atoms with E-state index >= 15 is 0 Å². The van der Waals surface area contributed by atoms with E-state index in [1.54, 1.807) is 24.4 Å². The van der Waals surface area contributed by atoms with Gasteiger partial charge in [-0.3, -0.25) is 4.79 Å². The number of hydrogen-bond donors (Lipinski definition) is 4. The first kappa shape index (κ1) is 25.2. The van der Waals surface area contributed by atoms with E-state index in [0.29, 0.717) is 59.8 Å². The third-order valence-electron chi connectivity index (χ3n) is 6.50. The van der Waals surface area contributed by atoms with Gasteiger partial charge in [0.15, 0.2) is 5.82 Å². The van der Waals surface area contributed by atoms with E-state index in [-0.39, 0.29) is 31.5 Å². The first-order valence-corrected chi connectivity index (χ1v) is 12.5. The maximum Gasteiger partial charge on any atom is 0.230 e. The molecule has 1 saturated heterocycles. The van der Waals surface area contributed by atoms with E-state index in [0.717, 1.165) is 12.8 Å². The Morgan fingerprint density at radius 1 is 1.19 bits per heavy atom. The molecule has 11 heteroatoms. The summed E-state index contributed by atoms with van der Waals surface area (Å²) >= 11 is 0. The summed E-state index contributed by atoms with van der Waals surface area (Å²) in [5.74, 6) is 0.988. The number of carbonyl (C=O) groups is 1. The minimum Gasteiger partial charge on any atom is -0.396 e. The van der Waals surface area contributed by atoms with Gasteiger partial charge in [0.25, 0.3) is 0 Å². The minimum absolute atomic E-state index is 0.0634. The van der Waals surface area contributed by atoms with Crippen LogP contribution in [0.3, 0.4) is 0 Å². The van der Waals surface area contributed by atoms with Gasteiger partial charge in [0.1, 0.15) is 5.82 Å². The molecular formula is C26H31FN6O4. The second kappa shape index (κ2) is 10.9. The number of H-pyrrole nitrogens is 1. The van der Waals surface area contributed by atoms with Gasteiger partial charge in [-0.25, -0.2) is 19.3 Å². The molecule has 0 atom stereocenters. The van der Waals surface area contributed by atoms with Crippen LogP contribution in [0.1, 0.15) is 38.3 Å². The smallest absolute Gasteiger partial charge is 0.230 e. The van der Waals surface area contributed by atoms with Crippen molar-refractivity contribution in [2.75, 3.05) is 38.2 Å². The van der Waals surface area contributed by atoms with Gasteiger partial charge in [0.2, 0.25) is 18.1 Å². The minimum atomic E-state index is -0.804. The number of benzene rings is 1. The van der Waals surface area contributed by atoms with Crippen LogP contribution < -0.4 is 10.6 Å². The van der Waals surface area contributed by atoms with Crippen molar-refractivity contribution >= 4 is 11.9 Å². The second-order valence-electron chi connectivity index (χ2n) is 9.79. The Balaban J connectivity index is 1.38. The van der Waals surface area contributed by atoms with Crippen molar-refractivity contribution in [3.63, 3.8) is 0 Å². The molecular weight excluding hydrogens is 479 g/mol. The van der Waals surface area contributed by atoms with Crippen molar-refractivity contribution in [3.8, 4) is 22.6 Å². The number of nitrogens with zero attached hydrogens (tertiary/aromatic N) is 3. The number of carbonyl (C=O) groups excluding carboxylic acids is 1. The van der Waals surface area contributed by atoms with Gasteiger partial charge < -0.3 is 30.2 Å². The molecule has 1 aliphatic heterocycles. The number of aliphatic hydroxyl groups excluding tert-OH is 1. The Morgan fingerprint density at radius 3 is 2.65 bits per heavy atom. The van der Waals surface area contributed by atoms with Crippen LogP contribution in [0.15, 0.2) is 36.5 Å². The molecule has 3 heterocycles. The van der Waals surface area contributed by atoms with Crippen LogP contribution in [-0.4, -0.2) is 63.9 Å². The highest BCUT2D eigenvalue weighted by molar-refractivity contribution is 5.82. The van der Waals surface area contributed by atoms with Crippen LogP contribution in [0, 0.1) is 17.2 Å². The zero-order valence-corrected chi connectivity index (χ0v) is 20.7. The quantitative estimate of drug-likeness (QED) is 0.306. The van der Waals surface area contributed by atoms with E-state index in [1.807, 2.05) is 6.92 Å². The molecule has 37 heavy (non-hydrogen) atoms. The highest BCUT2D eigenvalue weighted by Crippen LogP contribution is 2.36. The molecule has 4 N–H and O–H groups in total. The molecule has 5 rings (SSSR count). The molecule has 196 valence electrons. The predicted octanol–water partition coefficient (Wildman–Crippen LogP) is 3.05. The van der Waals surface area contributed by atoms with Gasteiger partial charge >= 0.3 is 0 Å². The zero-order valence-electron chi connectivity index (χ0n) is 20.7. The fraction of sp³-hybridized carbons (Fsp3) is 0.462. The summed E-state index contributed by atoms with van der Waals surface area (Å²) in [4.78, 5) is 29.5. The summed E-state index contributed by atoms with van der Waals surface area (Å²) in [6.45, 7) is 3.47. The first-order chi connectivity index (χ1) is 17.9. The number of hydrogen-bond acceptors (Lipinski definition) is 8. The maximum absolute atomic E-state index is 13.6. The normalized spacial score (nSPS) is 21.5. The lowest BCUT2D eigenvalue weighted by atomic mass is 9.91. The lowest BCUT2D eigenvalue weighted by molar-refractivity contribution is -0.231. The van der Waals surface area contributed by atoms with E-state index in [4.69, 9.17) is 19.6 Å². The lowest BCUT2D eigenvalue weighted by Crippen LogP contribution is -2.49. The molecule has 1 amide bonds. The topological polar surface area (TPSA) is 134 Å². The number of amides is 1. The highest BCUT2D eigenvalue weighted by atomic mass is 19.1. The molecule has 10 nitrogen and oxygen atoms in total. The molecule has 1 aromatic carbocycles. The van der Waals surface area contributed by atoms with Crippen LogP contribution in [0.5, 0.6) is 0 Å². The summed E-state index contributed by atoms with van der Waals surface area (Å²) in [5, 5.41) is 15.1. The maximum atomic E-state index is 13.6. The Morgan fingerprint density at radius 2 is 1.95 bits per heavy atom. The number of nitrogens with one attached hydrogen (secondary N) is 3. The molecule has 0 bridgehead atoms. The summed E-state index contributed by atoms with van der Waals surface area (Å²) in [6, 6.07) is 7.77. The molecule has 2 aliphatic rings. The van der Waals surface area contributed by atoms with Gasteiger partial charge in [-0.15, -0.1) is 0 Å². The summed E-state index contributed by atoms with van der Waals surface area (Å²) < 4.78 is 25.5. The number of aromatic nitrogens is 4. The van der Waals surface area contributed by atoms with Crippen LogP contribution in [0.2, 0.25) is 0 Å². The number of imidazole rings is 1. The molecule has 1 saturated carbocycles. The van der Waals surface area contributed by atoms with Crippen molar-refractivity contribution in [2.24, 2.45) is 11.3 Å². The van der Waals surface area contributed by atoms with E-state index in [1.165, 1.54) is 12.1 Å². The van der Waals surface area contributed by atoms with Gasteiger partial charge in [0.05, 0.1) is 35.7 Å². The molecule has 0 spiro atoms. The number of ether oxygens (including phenoxy) is 2. The number of halogens is 1. The highest BCUT2D eigenvalue weighted by Gasteiger charge is 2.41. The Bertz CT molecular complexity index is 1220. The number of aliphatic hydroxyl groups is 1. The van der Waals surface area contributed by atoms with E-state index < -0.39 is 11.7 Å². The average molecular weight is 511 g/mol. The lowest BCUT2D eigenvalue weighted by Gasteiger charge is -2.35. The molecule has 3 aromatic rings. The standard InChI is InChI=1S/C26H31FN6O4/c1-26(24(35)30-13-16-3-4-16)14-36-23(37-15-26)22-32-20(17-5-7-18(27)8-6-17)21(33-22)19-9-11-29-25(31-19)28-10-2-12-34/h5-9,11,16,23,34H,2-4,10,12-15H2,1H3,(H,30,35)(H,32,33)(H,28,29,31). The molecule has 0 unspecified atom stereocenters. The van der Waals surface area contributed by atoms with E-state index in [2.05, 4.69) is 25.6 Å². The summed E-state index contributed by atoms with van der Waals surface area (Å²) in [6.07, 6.45) is 3.71. The van der Waals surface area contributed by atoms with Crippen molar-refractivity contribution in [2.45, 2.75) is 32.5 Å². The number of rotatable bonds is 10. The SMILES string of the molecule is CC1(C(=O)NCC2CC2)COC(c2nc(-c3ccc(F)cc3)c(-c3ccnc(NCCCO)n3)[nH]2)OC1.